The van der Waals surface area contributed by atoms with Gasteiger partial charge in [-0.15, -0.1) is 0 Å². The highest BCUT2D eigenvalue weighted by atomic mass is 32.2. The lowest BCUT2D eigenvalue weighted by Crippen LogP contribution is -2.26. The molecule has 0 saturated carbocycles. The van der Waals surface area contributed by atoms with Gasteiger partial charge in [-0.3, -0.25) is 0 Å². The van der Waals surface area contributed by atoms with Gasteiger partial charge in [-0.25, -0.2) is 8.42 Å². The maximum atomic E-state index is 14.9. The summed E-state index contributed by atoms with van der Waals surface area (Å²) in [6.45, 7) is 1.57. The molecule has 244 valence electrons. The van der Waals surface area contributed by atoms with E-state index in [2.05, 4.69) is 12.1 Å². The predicted octanol–water partition coefficient (Wildman–Crippen LogP) is 5.92. The standard InChI is InChI=1S/C35H38O9S2/c1-18-12-33(45(36,37)38)23-4-2-3-5-24(23)34(18)44-46(39,40)35-28(26-16-21-7-10-31(26)42-21)13-19(25-15-20-6-9-30(25)41-20)14-29(35)27-17-22-8-11-32(27)43-22/h2-5,12-14,20-22,25-27,30-32H,6-11,15-17H2,1H3,(H,36,37,38)/p-1. The van der Waals surface area contributed by atoms with Crippen LogP contribution in [0.25, 0.3) is 10.8 Å². The number of fused-ring (bicyclic) bond motifs is 7. The summed E-state index contributed by atoms with van der Waals surface area (Å²) in [5.74, 6) is 0.0610. The molecule has 9 nitrogen and oxygen atoms in total. The van der Waals surface area contributed by atoms with E-state index in [4.69, 9.17) is 18.4 Å². The number of rotatable bonds is 7. The van der Waals surface area contributed by atoms with E-state index in [1.807, 2.05) is 0 Å². The first kappa shape index (κ1) is 29.6. The van der Waals surface area contributed by atoms with Gasteiger partial charge >= 0.3 is 10.1 Å². The summed E-state index contributed by atoms with van der Waals surface area (Å²) in [5, 5.41) is 0.384. The molecular weight excluding hydrogens is 629 g/mol. The first-order chi connectivity index (χ1) is 22.0. The van der Waals surface area contributed by atoms with Crippen LogP contribution in [0.3, 0.4) is 0 Å². The largest absolute Gasteiger partial charge is 0.744 e. The van der Waals surface area contributed by atoms with Crippen molar-refractivity contribution in [1.29, 1.82) is 0 Å². The molecule has 0 N–H and O–H groups in total. The lowest BCUT2D eigenvalue weighted by molar-refractivity contribution is 0.0996. The second-order valence-electron chi connectivity index (χ2n) is 14.2. The highest BCUT2D eigenvalue weighted by molar-refractivity contribution is 7.87. The third-order valence-corrected chi connectivity index (χ3v) is 13.8. The molecule has 9 unspecified atom stereocenters. The van der Waals surface area contributed by atoms with Crippen LogP contribution >= 0.6 is 0 Å². The number of hydrogen-bond donors (Lipinski definition) is 0. The van der Waals surface area contributed by atoms with Gasteiger partial charge in [0.05, 0.1) is 41.5 Å². The lowest BCUT2D eigenvalue weighted by Gasteiger charge is -2.30. The summed E-state index contributed by atoms with van der Waals surface area (Å²) in [6.07, 6.45) is 8.78. The molecule has 46 heavy (non-hydrogen) atoms. The Hall–Kier alpha value is -2.54. The van der Waals surface area contributed by atoms with Gasteiger partial charge in [0.2, 0.25) is 0 Å². The minimum absolute atomic E-state index is 0.0267. The van der Waals surface area contributed by atoms with Gasteiger partial charge in [0.1, 0.15) is 15.0 Å². The van der Waals surface area contributed by atoms with Gasteiger partial charge in [0.15, 0.2) is 5.75 Å². The molecule has 3 aromatic carbocycles. The Morgan fingerprint density at radius 2 is 1.20 bits per heavy atom. The first-order valence-corrected chi connectivity index (χ1v) is 19.4. The molecule has 6 aliphatic heterocycles. The number of hydrogen-bond acceptors (Lipinski definition) is 9. The van der Waals surface area contributed by atoms with E-state index < -0.39 is 25.1 Å². The third kappa shape index (κ3) is 4.68. The zero-order valence-corrected chi connectivity index (χ0v) is 27.2. The molecule has 9 rings (SSSR count). The summed E-state index contributed by atoms with van der Waals surface area (Å²) < 4.78 is 91.3. The maximum absolute atomic E-state index is 14.9. The Morgan fingerprint density at radius 1 is 0.696 bits per heavy atom. The highest BCUT2D eigenvalue weighted by Gasteiger charge is 2.49. The van der Waals surface area contributed by atoms with Gasteiger partial charge in [0.25, 0.3) is 0 Å². The topological polar surface area (TPSA) is 128 Å². The molecule has 9 atom stereocenters. The van der Waals surface area contributed by atoms with E-state index >= 15 is 0 Å². The van der Waals surface area contributed by atoms with Crippen molar-refractivity contribution in [1.82, 2.24) is 0 Å². The van der Waals surface area contributed by atoms with E-state index in [1.54, 1.807) is 25.1 Å². The quantitative estimate of drug-likeness (QED) is 0.223. The second kappa shape index (κ2) is 10.5. The molecule has 6 fully saturated rings. The van der Waals surface area contributed by atoms with Crippen LogP contribution in [-0.4, -0.2) is 58.0 Å². The molecule has 6 saturated heterocycles. The van der Waals surface area contributed by atoms with Crippen LogP contribution in [0.5, 0.6) is 5.75 Å². The van der Waals surface area contributed by atoms with Crippen LogP contribution in [0.15, 0.2) is 52.3 Å². The van der Waals surface area contributed by atoms with Crippen LogP contribution in [0.2, 0.25) is 0 Å². The summed E-state index contributed by atoms with van der Waals surface area (Å²) in [5.41, 5.74) is 2.90. The SMILES string of the molecule is Cc1cc(S(=O)(=O)[O-])c2ccccc2c1OS(=O)(=O)c1c(C2CC3CCC2O3)cc(C2CC3CCC2O3)cc1C1CC2CCC1O2. The average Bonchev–Trinajstić information content (AvgIpc) is 3.89. The Bertz CT molecular complexity index is 1920. The minimum Gasteiger partial charge on any atom is -0.744 e. The molecule has 0 radical (unpaired) electrons. The van der Waals surface area contributed by atoms with E-state index in [0.29, 0.717) is 0 Å². The van der Waals surface area contributed by atoms with E-state index in [1.165, 1.54) is 12.1 Å². The molecule has 0 aliphatic carbocycles. The molecule has 6 aliphatic rings. The molecule has 0 amide bonds. The van der Waals surface area contributed by atoms with Crippen LogP contribution in [0, 0.1) is 6.92 Å². The minimum atomic E-state index is -4.82. The van der Waals surface area contributed by atoms with Crippen LogP contribution < -0.4 is 4.18 Å². The molecule has 3 aromatic rings. The maximum Gasteiger partial charge on any atom is 0.339 e. The van der Waals surface area contributed by atoms with Gasteiger partial charge in [-0.05, 0) is 93.0 Å². The van der Waals surface area contributed by atoms with Gasteiger partial charge in [-0.2, -0.15) is 8.42 Å². The van der Waals surface area contributed by atoms with Crippen LogP contribution in [0.1, 0.15) is 97.8 Å². The molecule has 6 bridgehead atoms. The smallest absolute Gasteiger partial charge is 0.339 e. The van der Waals surface area contributed by atoms with Gasteiger partial charge in [0, 0.05) is 28.5 Å². The van der Waals surface area contributed by atoms with Crippen molar-refractivity contribution in [3.63, 3.8) is 0 Å². The van der Waals surface area contributed by atoms with Crippen molar-refractivity contribution in [3.8, 4) is 5.75 Å². The van der Waals surface area contributed by atoms with Crippen molar-refractivity contribution in [3.05, 3.63) is 64.7 Å². The van der Waals surface area contributed by atoms with E-state index in [-0.39, 0.29) is 81.4 Å². The summed E-state index contributed by atoms with van der Waals surface area (Å²) in [4.78, 5) is -0.200. The number of benzene rings is 3. The van der Waals surface area contributed by atoms with Crippen LogP contribution in [-0.2, 0) is 34.4 Å². The zero-order chi connectivity index (χ0) is 31.5. The molecule has 0 spiro atoms. The van der Waals surface area contributed by atoms with Crippen molar-refractivity contribution in [2.24, 2.45) is 0 Å². The third-order valence-electron chi connectivity index (χ3n) is 11.6. The highest BCUT2D eigenvalue weighted by Crippen LogP contribution is 2.54. The number of ether oxygens (including phenoxy) is 3. The number of aryl methyl sites for hydroxylation is 1. The molecule has 0 aromatic heterocycles. The van der Waals surface area contributed by atoms with Crippen molar-refractivity contribution >= 4 is 31.0 Å². The van der Waals surface area contributed by atoms with Crippen molar-refractivity contribution in [2.45, 2.75) is 129 Å². The summed E-state index contributed by atoms with van der Waals surface area (Å²) >= 11 is 0. The fraction of sp³-hybridized carbons (Fsp3) is 0.543. The Kier molecular flexibility index (Phi) is 6.74. The van der Waals surface area contributed by atoms with Crippen molar-refractivity contribution in [2.75, 3.05) is 0 Å². The Labute approximate surface area is 269 Å². The first-order valence-electron chi connectivity index (χ1n) is 16.6. The van der Waals surface area contributed by atoms with Crippen molar-refractivity contribution < 1.29 is 39.8 Å². The Balaban J connectivity index is 1.24. The monoisotopic (exact) mass is 665 g/mol. The van der Waals surface area contributed by atoms with Gasteiger partial charge in [-0.1, -0.05) is 36.4 Å². The van der Waals surface area contributed by atoms with E-state index in [0.717, 1.165) is 74.5 Å². The molecular formula is C35H37O9S2-. The fourth-order valence-electron chi connectivity index (χ4n) is 9.59. The Morgan fingerprint density at radius 3 is 1.65 bits per heavy atom. The molecule has 6 heterocycles. The predicted molar refractivity (Wildman–Crippen MR) is 167 cm³/mol. The van der Waals surface area contributed by atoms with E-state index in [9.17, 15) is 21.4 Å². The lowest BCUT2D eigenvalue weighted by atomic mass is 9.76. The average molecular weight is 666 g/mol. The van der Waals surface area contributed by atoms with Gasteiger partial charge < -0.3 is 22.9 Å². The summed E-state index contributed by atoms with van der Waals surface area (Å²) in [6, 6.07) is 11.8. The second-order valence-corrected chi connectivity index (χ2v) is 17.1. The molecule has 11 heteroatoms. The summed E-state index contributed by atoms with van der Waals surface area (Å²) in [7, 11) is -9.29. The normalized spacial score (nSPS) is 34.7. The fourth-order valence-corrected chi connectivity index (χ4v) is 11.9. The zero-order valence-electron chi connectivity index (χ0n) is 25.6. The van der Waals surface area contributed by atoms with Crippen LogP contribution in [0.4, 0.5) is 0 Å².